The Morgan fingerprint density at radius 1 is 1.03 bits per heavy atom. The molecule has 1 spiro atoms. The van der Waals surface area contributed by atoms with E-state index in [2.05, 4.69) is 5.32 Å². The van der Waals surface area contributed by atoms with Gasteiger partial charge >= 0.3 is 6.03 Å². The molecule has 2 heterocycles. The van der Waals surface area contributed by atoms with Gasteiger partial charge in [0.25, 0.3) is 0 Å². The van der Waals surface area contributed by atoms with Crippen molar-refractivity contribution in [3.8, 4) is 0 Å². The molecule has 1 saturated carbocycles. The highest BCUT2D eigenvalue weighted by atomic mass is 35.5. The van der Waals surface area contributed by atoms with E-state index in [1.165, 1.54) is 0 Å². The van der Waals surface area contributed by atoms with Gasteiger partial charge in [-0.1, -0.05) is 79.9 Å². The zero-order valence-corrected chi connectivity index (χ0v) is 23.2. The number of benzene rings is 2. The van der Waals surface area contributed by atoms with Gasteiger partial charge in [0.1, 0.15) is 6.04 Å². The van der Waals surface area contributed by atoms with E-state index in [9.17, 15) is 14.4 Å². The molecule has 0 aromatic heterocycles. The molecule has 38 heavy (non-hydrogen) atoms. The molecule has 10 heteroatoms. The van der Waals surface area contributed by atoms with Crippen LogP contribution in [0.3, 0.4) is 0 Å². The highest BCUT2D eigenvalue weighted by Crippen LogP contribution is 2.55. The number of carbonyl (C=O) groups excluding carboxylic acids is 3. The summed E-state index contributed by atoms with van der Waals surface area (Å²) in [6.45, 7) is 5.37. The van der Waals surface area contributed by atoms with Crippen molar-refractivity contribution in [1.29, 1.82) is 0 Å². The highest BCUT2D eigenvalue weighted by molar-refractivity contribution is 6.42. The Morgan fingerprint density at radius 3 is 2.47 bits per heavy atom. The van der Waals surface area contributed by atoms with E-state index in [1.807, 2.05) is 60.2 Å². The molecular weight excluding hydrogens is 525 g/mol. The number of hydrazine groups is 1. The van der Waals surface area contributed by atoms with Gasteiger partial charge in [-0.3, -0.25) is 9.59 Å². The van der Waals surface area contributed by atoms with Crippen LogP contribution in [0, 0.1) is 0 Å². The number of urea groups is 1. The lowest BCUT2D eigenvalue weighted by molar-refractivity contribution is -0.196. The fourth-order valence-electron chi connectivity index (χ4n) is 5.98. The van der Waals surface area contributed by atoms with Crippen LogP contribution >= 0.6 is 23.2 Å². The number of halogens is 2. The summed E-state index contributed by atoms with van der Waals surface area (Å²) in [6, 6.07) is 13.9. The zero-order valence-electron chi connectivity index (χ0n) is 21.7. The first kappa shape index (κ1) is 26.8. The number of carbonyl (C=O) groups is 3. The second-order valence-electron chi connectivity index (χ2n) is 10.2. The van der Waals surface area contributed by atoms with Crippen LogP contribution in [0.2, 0.25) is 10.0 Å². The van der Waals surface area contributed by atoms with Crippen molar-refractivity contribution in [2.45, 2.75) is 70.4 Å². The maximum Gasteiger partial charge on any atom is 0.334 e. The molecule has 1 aliphatic carbocycles. The van der Waals surface area contributed by atoms with Crippen LogP contribution in [0.4, 0.5) is 4.79 Å². The summed E-state index contributed by atoms with van der Waals surface area (Å²) >= 11 is 12.4. The number of nitrogens with one attached hydrogen (secondary N) is 1. The molecular formula is C28H33Cl2N5O3. The number of hydrogen-bond donors (Lipinski definition) is 1. The number of nitrogens with zero attached hydrogens (tertiary/aromatic N) is 4. The Bertz CT molecular complexity index is 1230. The van der Waals surface area contributed by atoms with Crippen molar-refractivity contribution in [3.05, 3.63) is 69.7 Å². The fourth-order valence-corrected chi connectivity index (χ4v) is 6.30. The van der Waals surface area contributed by atoms with Crippen molar-refractivity contribution < 1.29 is 14.4 Å². The molecule has 2 aromatic carbocycles. The quantitative estimate of drug-likeness (QED) is 0.512. The minimum atomic E-state index is -0.907. The Balaban J connectivity index is 1.50. The molecule has 0 unspecified atom stereocenters. The summed E-state index contributed by atoms with van der Waals surface area (Å²) in [5.41, 5.74) is 0.933. The van der Waals surface area contributed by atoms with Crippen LogP contribution in [0.15, 0.2) is 48.5 Å². The lowest BCUT2D eigenvalue weighted by Crippen LogP contribution is -2.77. The van der Waals surface area contributed by atoms with Crippen LogP contribution in [0.25, 0.3) is 0 Å². The van der Waals surface area contributed by atoms with E-state index in [4.69, 9.17) is 23.2 Å². The Kier molecular flexibility index (Phi) is 7.58. The second kappa shape index (κ2) is 10.8. The predicted octanol–water partition coefficient (Wildman–Crippen LogP) is 4.65. The number of rotatable bonds is 8. The molecule has 1 N–H and O–H groups in total. The molecule has 0 bridgehead atoms. The summed E-state index contributed by atoms with van der Waals surface area (Å²) < 4.78 is 0. The van der Waals surface area contributed by atoms with Crippen LogP contribution in [-0.2, 0) is 22.7 Å². The molecule has 3 fully saturated rings. The molecule has 2 aliphatic heterocycles. The molecule has 3 aliphatic rings. The monoisotopic (exact) mass is 557 g/mol. The van der Waals surface area contributed by atoms with Gasteiger partial charge in [0.15, 0.2) is 5.66 Å². The van der Waals surface area contributed by atoms with Crippen molar-refractivity contribution in [1.82, 2.24) is 25.1 Å². The van der Waals surface area contributed by atoms with Gasteiger partial charge in [-0.15, -0.1) is 0 Å². The molecule has 202 valence electrons. The minimum absolute atomic E-state index is 0.0708. The van der Waals surface area contributed by atoms with Gasteiger partial charge in [0.2, 0.25) is 11.8 Å². The zero-order chi connectivity index (χ0) is 27.0. The van der Waals surface area contributed by atoms with Crippen molar-refractivity contribution in [3.63, 3.8) is 0 Å². The number of hydrogen-bond acceptors (Lipinski definition) is 4. The normalized spacial score (nSPS) is 24.8. The van der Waals surface area contributed by atoms with Crippen molar-refractivity contribution >= 4 is 41.0 Å². The topological polar surface area (TPSA) is 76.2 Å². The molecule has 4 amide bonds. The summed E-state index contributed by atoms with van der Waals surface area (Å²) in [6.07, 6.45) is 2.55. The Morgan fingerprint density at radius 2 is 1.79 bits per heavy atom. The third-order valence-electron chi connectivity index (χ3n) is 7.64. The predicted molar refractivity (Wildman–Crippen MR) is 146 cm³/mol. The van der Waals surface area contributed by atoms with E-state index in [0.29, 0.717) is 42.5 Å². The van der Waals surface area contributed by atoms with Gasteiger partial charge in [0.05, 0.1) is 22.6 Å². The van der Waals surface area contributed by atoms with Gasteiger partial charge in [0, 0.05) is 26.1 Å². The summed E-state index contributed by atoms with van der Waals surface area (Å²) in [5, 5.41) is 7.54. The van der Waals surface area contributed by atoms with Gasteiger partial charge < -0.3 is 15.1 Å². The average molecular weight is 559 g/mol. The lowest BCUT2D eigenvalue weighted by Gasteiger charge is -2.55. The van der Waals surface area contributed by atoms with Crippen LogP contribution in [0.5, 0.6) is 0 Å². The minimum Gasteiger partial charge on any atom is -0.333 e. The third kappa shape index (κ3) is 4.63. The molecule has 5 rings (SSSR count). The van der Waals surface area contributed by atoms with Crippen molar-refractivity contribution in [2.24, 2.45) is 0 Å². The highest BCUT2D eigenvalue weighted by Gasteiger charge is 2.75. The average Bonchev–Trinajstić information content (AvgIpc) is 3.62. The standard InChI is InChI=1S/C28H33Cl2N5O3/c1-3-8-23-26(37)33(17-20-11-12-21(29)22(30)14-20)24-15-28(24)34(23)25(36)18-32(13-4-2)35(28)27(38)31-16-19-9-6-5-7-10-19/h5-7,9-12,14,23-24H,3-4,8,13,15-18H2,1-2H3,(H,31,38)/t23-,24+,28+/m0/s1. The summed E-state index contributed by atoms with van der Waals surface area (Å²) in [4.78, 5) is 44.8. The fraction of sp³-hybridized carbons (Fsp3) is 0.464. The van der Waals surface area contributed by atoms with Crippen LogP contribution < -0.4 is 5.32 Å². The second-order valence-corrected chi connectivity index (χ2v) is 11.0. The number of piperazine rings is 1. The third-order valence-corrected chi connectivity index (χ3v) is 8.38. The van der Waals surface area contributed by atoms with Crippen molar-refractivity contribution in [2.75, 3.05) is 13.1 Å². The van der Waals surface area contributed by atoms with Crippen LogP contribution in [-0.4, -0.2) is 68.5 Å². The Hall–Kier alpha value is -2.81. The Labute approximate surface area is 233 Å². The maximum atomic E-state index is 13.8. The van der Waals surface area contributed by atoms with Gasteiger partial charge in [-0.2, -0.15) is 0 Å². The van der Waals surface area contributed by atoms with E-state index >= 15 is 0 Å². The summed E-state index contributed by atoms with van der Waals surface area (Å²) in [5.74, 6) is -0.188. The first-order valence-electron chi connectivity index (χ1n) is 13.2. The summed E-state index contributed by atoms with van der Waals surface area (Å²) in [7, 11) is 0. The first-order valence-corrected chi connectivity index (χ1v) is 14.0. The maximum absolute atomic E-state index is 13.8. The van der Waals surface area contributed by atoms with Gasteiger partial charge in [-0.05, 0) is 36.1 Å². The molecule has 2 aromatic rings. The van der Waals surface area contributed by atoms with E-state index < -0.39 is 11.7 Å². The molecule has 2 saturated heterocycles. The molecule has 3 atom stereocenters. The van der Waals surface area contributed by atoms with E-state index in [0.717, 1.165) is 24.0 Å². The SMILES string of the molecule is CCC[C@H]1C(=O)N(Cc2ccc(Cl)c(Cl)c2)[C@@H]2C[C@]23N1C(=O)CN(CCC)N3C(=O)NCc1ccccc1. The molecule has 0 radical (unpaired) electrons. The van der Waals surface area contributed by atoms with E-state index in [1.54, 1.807) is 22.0 Å². The molecule has 8 nitrogen and oxygen atoms in total. The lowest BCUT2D eigenvalue weighted by atomic mass is 10.0. The van der Waals surface area contributed by atoms with Gasteiger partial charge in [-0.25, -0.2) is 14.8 Å². The van der Waals surface area contributed by atoms with E-state index in [-0.39, 0.29) is 30.4 Å². The largest absolute Gasteiger partial charge is 0.334 e. The smallest absolute Gasteiger partial charge is 0.333 e. The first-order chi connectivity index (χ1) is 18.3. The number of amides is 4. The van der Waals surface area contributed by atoms with Crippen LogP contribution in [0.1, 0.15) is 50.7 Å².